The minimum Gasteiger partial charge on any atom is -0.382 e. The van der Waals surface area contributed by atoms with Gasteiger partial charge in [-0.3, -0.25) is 4.79 Å². The van der Waals surface area contributed by atoms with Crippen LogP contribution in [-0.2, 0) is 9.53 Å². The zero-order valence-corrected chi connectivity index (χ0v) is 8.76. The maximum absolute atomic E-state index is 11.2. The van der Waals surface area contributed by atoms with Crippen LogP contribution in [0.5, 0.6) is 0 Å². The third kappa shape index (κ3) is 3.86. The van der Waals surface area contributed by atoms with Gasteiger partial charge in [-0.15, -0.1) is 0 Å². The standard InChI is InChI=1S/C10H20O2/c1-7(2)10(9(4)11)6-8(3)12-5/h7-8,10H,6H2,1-5H3. The van der Waals surface area contributed by atoms with E-state index in [4.69, 9.17) is 4.74 Å². The molecular formula is C10H20O2. The minimum atomic E-state index is 0.153. The Hall–Kier alpha value is -0.370. The zero-order chi connectivity index (χ0) is 9.72. The minimum absolute atomic E-state index is 0.153. The van der Waals surface area contributed by atoms with Crippen molar-refractivity contribution in [2.45, 2.75) is 40.2 Å². The van der Waals surface area contributed by atoms with Crippen LogP contribution in [-0.4, -0.2) is 19.0 Å². The Morgan fingerprint density at radius 2 is 1.83 bits per heavy atom. The second kappa shape index (κ2) is 5.31. The Kier molecular flexibility index (Phi) is 5.14. The summed E-state index contributed by atoms with van der Waals surface area (Å²) in [5, 5.41) is 0. The number of hydrogen-bond donors (Lipinski definition) is 0. The highest BCUT2D eigenvalue weighted by Gasteiger charge is 2.20. The van der Waals surface area contributed by atoms with Gasteiger partial charge in [0.1, 0.15) is 5.78 Å². The summed E-state index contributed by atoms with van der Waals surface area (Å²) in [5.74, 6) is 0.842. The monoisotopic (exact) mass is 172 g/mol. The Labute approximate surface area is 75.3 Å². The first-order valence-corrected chi connectivity index (χ1v) is 4.52. The molecule has 12 heavy (non-hydrogen) atoms. The van der Waals surface area contributed by atoms with E-state index in [9.17, 15) is 4.79 Å². The number of carbonyl (C=O) groups is 1. The van der Waals surface area contributed by atoms with Crippen LogP contribution in [0.3, 0.4) is 0 Å². The zero-order valence-electron chi connectivity index (χ0n) is 8.76. The van der Waals surface area contributed by atoms with Crippen LogP contribution in [0.4, 0.5) is 0 Å². The van der Waals surface area contributed by atoms with Gasteiger partial charge in [-0.25, -0.2) is 0 Å². The van der Waals surface area contributed by atoms with Crippen LogP contribution >= 0.6 is 0 Å². The number of hydrogen-bond acceptors (Lipinski definition) is 2. The van der Waals surface area contributed by atoms with Gasteiger partial charge < -0.3 is 4.74 Å². The Balaban J connectivity index is 4.05. The highest BCUT2D eigenvalue weighted by molar-refractivity contribution is 5.78. The molecule has 0 N–H and O–H groups in total. The van der Waals surface area contributed by atoms with Gasteiger partial charge in [-0.2, -0.15) is 0 Å². The van der Waals surface area contributed by atoms with Crippen molar-refractivity contribution in [2.75, 3.05) is 7.11 Å². The third-order valence-corrected chi connectivity index (χ3v) is 2.32. The van der Waals surface area contributed by atoms with Crippen molar-refractivity contribution in [1.82, 2.24) is 0 Å². The van der Waals surface area contributed by atoms with Crippen molar-refractivity contribution < 1.29 is 9.53 Å². The molecule has 0 aliphatic rings. The predicted molar refractivity (Wildman–Crippen MR) is 50.1 cm³/mol. The van der Waals surface area contributed by atoms with Gasteiger partial charge in [0, 0.05) is 13.0 Å². The SMILES string of the molecule is COC(C)CC(C(C)=O)C(C)C. The van der Waals surface area contributed by atoms with E-state index in [0.717, 1.165) is 6.42 Å². The van der Waals surface area contributed by atoms with Gasteiger partial charge in [0.2, 0.25) is 0 Å². The lowest BCUT2D eigenvalue weighted by atomic mass is 9.87. The fraction of sp³-hybridized carbons (Fsp3) is 0.900. The normalized spacial score (nSPS) is 16.2. The molecule has 0 aliphatic carbocycles. The van der Waals surface area contributed by atoms with Crippen molar-refractivity contribution in [3.05, 3.63) is 0 Å². The Morgan fingerprint density at radius 1 is 1.33 bits per heavy atom. The first-order valence-electron chi connectivity index (χ1n) is 4.52. The summed E-state index contributed by atoms with van der Waals surface area (Å²) in [7, 11) is 1.68. The molecule has 0 bridgehead atoms. The quantitative estimate of drug-likeness (QED) is 0.636. The molecule has 0 amide bonds. The average molecular weight is 172 g/mol. The van der Waals surface area contributed by atoms with Gasteiger partial charge in [0.05, 0.1) is 6.10 Å². The van der Waals surface area contributed by atoms with Gasteiger partial charge in [0.15, 0.2) is 0 Å². The van der Waals surface area contributed by atoms with Gasteiger partial charge >= 0.3 is 0 Å². The van der Waals surface area contributed by atoms with E-state index in [1.54, 1.807) is 14.0 Å². The lowest BCUT2D eigenvalue weighted by Crippen LogP contribution is -2.23. The second-order valence-corrected chi connectivity index (χ2v) is 3.74. The van der Waals surface area contributed by atoms with Crippen molar-refractivity contribution >= 4 is 5.78 Å². The molecule has 0 aromatic carbocycles. The number of ketones is 1. The highest BCUT2D eigenvalue weighted by Crippen LogP contribution is 2.19. The molecule has 0 heterocycles. The largest absolute Gasteiger partial charge is 0.382 e. The topological polar surface area (TPSA) is 26.3 Å². The number of methoxy groups -OCH3 is 1. The first kappa shape index (κ1) is 11.6. The fourth-order valence-corrected chi connectivity index (χ4v) is 1.36. The Bertz CT molecular complexity index is 141. The van der Waals surface area contributed by atoms with Crippen LogP contribution in [0.2, 0.25) is 0 Å². The lowest BCUT2D eigenvalue weighted by molar-refractivity contribution is -0.123. The molecule has 2 atom stereocenters. The molecule has 0 spiro atoms. The van der Waals surface area contributed by atoms with Gasteiger partial charge in [-0.05, 0) is 26.2 Å². The van der Waals surface area contributed by atoms with Crippen LogP contribution in [0.1, 0.15) is 34.1 Å². The molecule has 0 aromatic rings. The molecule has 0 aromatic heterocycles. The van der Waals surface area contributed by atoms with E-state index < -0.39 is 0 Å². The van der Waals surface area contributed by atoms with Crippen molar-refractivity contribution in [1.29, 1.82) is 0 Å². The van der Waals surface area contributed by atoms with Crippen molar-refractivity contribution in [3.63, 3.8) is 0 Å². The van der Waals surface area contributed by atoms with E-state index in [1.807, 2.05) is 6.92 Å². The van der Waals surface area contributed by atoms with Crippen LogP contribution < -0.4 is 0 Å². The molecular weight excluding hydrogens is 152 g/mol. The number of carbonyl (C=O) groups excluding carboxylic acids is 1. The van der Waals surface area contributed by atoms with E-state index in [-0.39, 0.29) is 17.8 Å². The van der Waals surface area contributed by atoms with E-state index in [0.29, 0.717) is 5.92 Å². The number of ether oxygens (including phenoxy) is 1. The molecule has 0 saturated heterocycles. The summed E-state index contributed by atoms with van der Waals surface area (Å²) in [6.07, 6.45) is 1.02. The number of Topliss-reactive ketones (excluding diaryl/α,β-unsaturated/α-hetero) is 1. The molecule has 0 saturated carbocycles. The summed E-state index contributed by atoms with van der Waals surface area (Å²) in [6, 6.07) is 0. The molecule has 2 nitrogen and oxygen atoms in total. The summed E-state index contributed by atoms with van der Waals surface area (Å²) in [5.41, 5.74) is 0. The predicted octanol–water partition coefficient (Wildman–Crippen LogP) is 2.27. The van der Waals surface area contributed by atoms with Gasteiger partial charge in [0.25, 0.3) is 0 Å². The number of rotatable bonds is 5. The molecule has 72 valence electrons. The van der Waals surface area contributed by atoms with Crippen LogP contribution in [0.15, 0.2) is 0 Å². The van der Waals surface area contributed by atoms with Crippen LogP contribution in [0.25, 0.3) is 0 Å². The first-order chi connectivity index (χ1) is 5.49. The third-order valence-electron chi connectivity index (χ3n) is 2.32. The summed E-state index contributed by atoms with van der Waals surface area (Å²) < 4.78 is 5.13. The average Bonchev–Trinajstić information content (AvgIpc) is 1.98. The van der Waals surface area contributed by atoms with Crippen molar-refractivity contribution in [2.24, 2.45) is 11.8 Å². The molecule has 0 rings (SSSR count). The van der Waals surface area contributed by atoms with Crippen molar-refractivity contribution in [3.8, 4) is 0 Å². The van der Waals surface area contributed by atoms with Crippen LogP contribution in [0, 0.1) is 11.8 Å². The maximum Gasteiger partial charge on any atom is 0.133 e. The van der Waals surface area contributed by atoms with Gasteiger partial charge in [-0.1, -0.05) is 13.8 Å². The summed E-state index contributed by atoms with van der Waals surface area (Å²) in [6.45, 7) is 7.81. The molecule has 0 fully saturated rings. The lowest BCUT2D eigenvalue weighted by Gasteiger charge is -2.20. The second-order valence-electron chi connectivity index (χ2n) is 3.74. The smallest absolute Gasteiger partial charge is 0.133 e. The fourth-order valence-electron chi connectivity index (χ4n) is 1.36. The Morgan fingerprint density at radius 3 is 2.08 bits per heavy atom. The van der Waals surface area contributed by atoms with E-state index in [2.05, 4.69) is 13.8 Å². The van der Waals surface area contributed by atoms with E-state index >= 15 is 0 Å². The van der Waals surface area contributed by atoms with E-state index in [1.165, 1.54) is 0 Å². The highest BCUT2D eigenvalue weighted by atomic mass is 16.5. The summed E-state index contributed by atoms with van der Waals surface area (Å²) >= 11 is 0. The maximum atomic E-state index is 11.2. The molecule has 0 aliphatic heterocycles. The molecule has 2 unspecified atom stereocenters. The molecule has 0 radical (unpaired) electrons. The molecule has 2 heteroatoms. The summed E-state index contributed by atoms with van der Waals surface area (Å²) in [4.78, 5) is 11.2.